The first-order valence-electron chi connectivity index (χ1n) is 8.12. The van der Waals surface area contributed by atoms with Gasteiger partial charge in [-0.3, -0.25) is 0 Å². The summed E-state index contributed by atoms with van der Waals surface area (Å²) >= 11 is 0. The summed E-state index contributed by atoms with van der Waals surface area (Å²) in [5.41, 5.74) is 5.55. The molecule has 2 rings (SSSR count). The van der Waals surface area contributed by atoms with Crippen LogP contribution in [0.15, 0.2) is 0 Å². The number of hydrogen-bond donors (Lipinski definition) is 1. The van der Waals surface area contributed by atoms with Crippen LogP contribution in [0, 0.1) is 11.8 Å². The fourth-order valence-electron chi connectivity index (χ4n) is 3.83. The average Bonchev–Trinajstić information content (AvgIpc) is 2.89. The monoisotopic (exact) mass is 282 g/mol. The van der Waals surface area contributed by atoms with E-state index in [1.165, 1.54) is 25.7 Å². The minimum Gasteiger partial charge on any atom is -0.444 e. The second-order valence-electron chi connectivity index (χ2n) is 7.35. The number of carbonyl (C=O) groups is 1. The molecule has 0 aromatic rings. The topological polar surface area (TPSA) is 55.6 Å². The van der Waals surface area contributed by atoms with Crippen LogP contribution in [0.5, 0.6) is 0 Å². The second-order valence-corrected chi connectivity index (χ2v) is 7.35. The van der Waals surface area contributed by atoms with Crippen LogP contribution in [0.2, 0.25) is 0 Å². The zero-order valence-corrected chi connectivity index (χ0v) is 13.2. The van der Waals surface area contributed by atoms with Crippen molar-refractivity contribution in [3.63, 3.8) is 0 Å². The lowest BCUT2D eigenvalue weighted by atomic mass is 9.80. The fourth-order valence-corrected chi connectivity index (χ4v) is 3.83. The van der Waals surface area contributed by atoms with Crippen molar-refractivity contribution in [1.29, 1.82) is 0 Å². The van der Waals surface area contributed by atoms with Crippen LogP contribution >= 0.6 is 0 Å². The zero-order chi connectivity index (χ0) is 14.8. The van der Waals surface area contributed by atoms with Gasteiger partial charge < -0.3 is 15.4 Å². The number of likely N-dealkylation sites (tertiary alicyclic amines) is 1. The van der Waals surface area contributed by atoms with E-state index in [4.69, 9.17) is 10.5 Å². The fraction of sp³-hybridized carbons (Fsp3) is 0.938. The van der Waals surface area contributed by atoms with Crippen molar-refractivity contribution in [3.8, 4) is 0 Å². The Morgan fingerprint density at radius 1 is 1.20 bits per heavy atom. The molecule has 1 amide bonds. The van der Waals surface area contributed by atoms with Gasteiger partial charge in [0.1, 0.15) is 5.60 Å². The van der Waals surface area contributed by atoms with Crippen LogP contribution in [0.4, 0.5) is 4.79 Å². The number of nitrogens with zero attached hydrogens (tertiary/aromatic N) is 1. The Morgan fingerprint density at radius 2 is 1.85 bits per heavy atom. The van der Waals surface area contributed by atoms with Crippen molar-refractivity contribution >= 4 is 6.09 Å². The van der Waals surface area contributed by atoms with E-state index < -0.39 is 5.60 Å². The summed E-state index contributed by atoms with van der Waals surface area (Å²) in [4.78, 5) is 14.5. The van der Waals surface area contributed by atoms with E-state index in [2.05, 4.69) is 0 Å². The number of piperidine rings is 1. The van der Waals surface area contributed by atoms with E-state index in [9.17, 15) is 4.79 Å². The number of ether oxygens (including phenoxy) is 1. The lowest BCUT2D eigenvalue weighted by Crippen LogP contribution is -2.54. The third-order valence-corrected chi connectivity index (χ3v) is 4.63. The van der Waals surface area contributed by atoms with E-state index in [0.717, 1.165) is 19.4 Å². The normalized spacial score (nSPS) is 28.7. The van der Waals surface area contributed by atoms with Gasteiger partial charge in [0, 0.05) is 12.6 Å². The van der Waals surface area contributed by atoms with Crippen LogP contribution in [0.25, 0.3) is 0 Å². The molecule has 1 aliphatic carbocycles. The molecule has 0 radical (unpaired) electrons. The Morgan fingerprint density at radius 3 is 2.40 bits per heavy atom. The smallest absolute Gasteiger partial charge is 0.410 e. The average molecular weight is 282 g/mol. The first-order valence-corrected chi connectivity index (χ1v) is 8.12. The van der Waals surface area contributed by atoms with Crippen LogP contribution in [-0.2, 0) is 4.74 Å². The molecule has 2 aliphatic rings. The maximum atomic E-state index is 12.5. The molecular formula is C16H30N2O2. The van der Waals surface area contributed by atoms with Gasteiger partial charge in [0.2, 0.25) is 0 Å². The molecule has 4 heteroatoms. The number of rotatable bonds is 2. The molecule has 0 aromatic carbocycles. The van der Waals surface area contributed by atoms with Crippen molar-refractivity contribution in [3.05, 3.63) is 0 Å². The molecule has 1 saturated carbocycles. The molecule has 2 atom stereocenters. The molecule has 2 fully saturated rings. The number of hydrogen-bond acceptors (Lipinski definition) is 3. The van der Waals surface area contributed by atoms with E-state index in [1.807, 2.05) is 25.7 Å². The molecule has 116 valence electrons. The van der Waals surface area contributed by atoms with Gasteiger partial charge in [-0.05, 0) is 64.8 Å². The number of carbonyl (C=O) groups excluding carboxylic acids is 1. The first-order chi connectivity index (χ1) is 9.42. The van der Waals surface area contributed by atoms with Gasteiger partial charge in [-0.25, -0.2) is 4.79 Å². The highest BCUT2D eigenvalue weighted by molar-refractivity contribution is 5.68. The third-order valence-electron chi connectivity index (χ3n) is 4.63. The van der Waals surface area contributed by atoms with E-state index in [1.54, 1.807) is 0 Å². The summed E-state index contributed by atoms with van der Waals surface area (Å²) in [6.07, 6.45) is 7.11. The Kier molecular flexibility index (Phi) is 4.95. The summed E-state index contributed by atoms with van der Waals surface area (Å²) < 4.78 is 5.61. The van der Waals surface area contributed by atoms with Crippen LogP contribution in [0.3, 0.4) is 0 Å². The molecule has 4 nitrogen and oxygen atoms in total. The molecule has 20 heavy (non-hydrogen) atoms. The maximum absolute atomic E-state index is 12.5. The predicted octanol–water partition coefficient (Wildman–Crippen LogP) is 3.15. The third kappa shape index (κ3) is 3.66. The highest BCUT2D eigenvalue weighted by atomic mass is 16.6. The Balaban J connectivity index is 2.12. The number of nitrogens with two attached hydrogens (primary N) is 1. The van der Waals surface area contributed by atoms with Gasteiger partial charge in [0.25, 0.3) is 0 Å². The zero-order valence-electron chi connectivity index (χ0n) is 13.2. The van der Waals surface area contributed by atoms with Crippen molar-refractivity contribution in [2.24, 2.45) is 17.6 Å². The van der Waals surface area contributed by atoms with Gasteiger partial charge in [0.05, 0.1) is 0 Å². The van der Waals surface area contributed by atoms with E-state index in [-0.39, 0.29) is 6.09 Å². The molecule has 1 saturated heterocycles. The van der Waals surface area contributed by atoms with Gasteiger partial charge in [-0.15, -0.1) is 0 Å². The Hall–Kier alpha value is -0.770. The number of amides is 1. The largest absolute Gasteiger partial charge is 0.444 e. The summed E-state index contributed by atoms with van der Waals surface area (Å²) in [6, 6.07) is 0.297. The van der Waals surface area contributed by atoms with Gasteiger partial charge in [-0.2, -0.15) is 0 Å². The first kappa shape index (κ1) is 15.6. The molecule has 2 unspecified atom stereocenters. The van der Waals surface area contributed by atoms with Crippen LogP contribution in [-0.4, -0.2) is 35.7 Å². The highest BCUT2D eigenvalue weighted by Gasteiger charge is 2.41. The molecular weight excluding hydrogens is 252 g/mol. The van der Waals surface area contributed by atoms with Crippen molar-refractivity contribution < 1.29 is 9.53 Å². The van der Waals surface area contributed by atoms with Gasteiger partial charge in [0.15, 0.2) is 0 Å². The van der Waals surface area contributed by atoms with Gasteiger partial charge >= 0.3 is 6.09 Å². The standard InChI is InChI=1S/C16H30N2O2/c1-16(2,3)20-15(19)18-10-6-9-13(11-17)14(18)12-7-4-5-8-12/h12-14H,4-11,17H2,1-3H3. The van der Waals surface area contributed by atoms with Crippen molar-refractivity contribution in [1.82, 2.24) is 4.90 Å². The van der Waals surface area contributed by atoms with E-state index in [0.29, 0.717) is 24.4 Å². The van der Waals surface area contributed by atoms with Gasteiger partial charge in [-0.1, -0.05) is 12.8 Å². The summed E-state index contributed by atoms with van der Waals surface area (Å²) in [7, 11) is 0. The lowest BCUT2D eigenvalue weighted by molar-refractivity contribution is -0.0104. The minimum atomic E-state index is -0.424. The lowest BCUT2D eigenvalue weighted by Gasteiger charge is -2.44. The SMILES string of the molecule is CC(C)(C)OC(=O)N1CCCC(CN)C1C1CCCC1. The second kappa shape index (κ2) is 6.33. The van der Waals surface area contributed by atoms with Crippen molar-refractivity contribution in [2.75, 3.05) is 13.1 Å². The summed E-state index contributed by atoms with van der Waals surface area (Å²) in [5.74, 6) is 1.07. The molecule has 2 N–H and O–H groups in total. The molecule has 0 aromatic heterocycles. The maximum Gasteiger partial charge on any atom is 0.410 e. The van der Waals surface area contributed by atoms with Crippen molar-refractivity contribution in [2.45, 2.75) is 70.9 Å². The predicted molar refractivity (Wildman–Crippen MR) is 80.5 cm³/mol. The molecule has 0 bridgehead atoms. The quantitative estimate of drug-likeness (QED) is 0.846. The molecule has 1 heterocycles. The minimum absolute atomic E-state index is 0.146. The van der Waals surface area contributed by atoms with Crippen LogP contribution < -0.4 is 5.73 Å². The Labute approximate surface area is 123 Å². The summed E-state index contributed by atoms with van der Waals surface area (Å²) in [5, 5.41) is 0. The molecule has 1 aliphatic heterocycles. The highest BCUT2D eigenvalue weighted by Crippen LogP contribution is 2.38. The Bertz CT molecular complexity index is 330. The summed E-state index contributed by atoms with van der Waals surface area (Å²) in [6.45, 7) is 7.30. The molecule has 0 spiro atoms. The van der Waals surface area contributed by atoms with Crippen LogP contribution in [0.1, 0.15) is 59.3 Å². The van der Waals surface area contributed by atoms with E-state index >= 15 is 0 Å².